The maximum absolute atomic E-state index is 13.9. The molecule has 0 saturated heterocycles. The number of amides is 1. The van der Waals surface area contributed by atoms with Crippen LogP contribution in [0.15, 0.2) is 30.0 Å². The Morgan fingerprint density at radius 3 is 2.62 bits per heavy atom. The molecule has 0 fully saturated rings. The van der Waals surface area contributed by atoms with E-state index in [0.717, 1.165) is 11.0 Å². The number of halogens is 4. The SMILES string of the molecule is CCOCCN(Cc1ccc(O)cc1F)C(=O)/C(N)=C/C(=N)C(F)(F)F. The summed E-state index contributed by atoms with van der Waals surface area (Å²) in [5.74, 6) is -2.09. The maximum Gasteiger partial charge on any atom is 0.432 e. The summed E-state index contributed by atoms with van der Waals surface area (Å²) >= 11 is 0. The monoisotopic (exact) mass is 377 g/mol. The number of hydrogen-bond donors (Lipinski definition) is 3. The van der Waals surface area contributed by atoms with Crippen molar-refractivity contribution >= 4 is 11.6 Å². The van der Waals surface area contributed by atoms with Crippen LogP contribution in [0, 0.1) is 11.2 Å². The molecule has 0 aliphatic heterocycles. The minimum Gasteiger partial charge on any atom is -0.508 e. The van der Waals surface area contributed by atoms with Gasteiger partial charge in [0.1, 0.15) is 17.3 Å². The summed E-state index contributed by atoms with van der Waals surface area (Å²) in [6.45, 7) is 1.77. The summed E-state index contributed by atoms with van der Waals surface area (Å²) in [4.78, 5) is 13.3. The van der Waals surface area contributed by atoms with E-state index in [1.54, 1.807) is 6.92 Å². The quantitative estimate of drug-likeness (QED) is 0.280. The minimum absolute atomic E-state index is 0.0337. The van der Waals surface area contributed by atoms with E-state index in [4.69, 9.17) is 15.9 Å². The molecule has 0 aliphatic carbocycles. The van der Waals surface area contributed by atoms with Gasteiger partial charge in [0, 0.05) is 31.3 Å². The molecule has 0 aliphatic rings. The average Bonchev–Trinajstić information content (AvgIpc) is 2.54. The van der Waals surface area contributed by atoms with Crippen LogP contribution in [0.4, 0.5) is 17.6 Å². The normalized spacial score (nSPS) is 12.1. The molecule has 0 spiro atoms. The molecule has 1 aromatic carbocycles. The first-order chi connectivity index (χ1) is 12.1. The van der Waals surface area contributed by atoms with Crippen molar-refractivity contribution in [3.05, 3.63) is 41.4 Å². The second kappa shape index (κ2) is 9.18. The van der Waals surface area contributed by atoms with Gasteiger partial charge in [0.15, 0.2) is 0 Å². The van der Waals surface area contributed by atoms with Crippen molar-refractivity contribution in [2.24, 2.45) is 5.73 Å². The Kier molecular flexibility index (Phi) is 7.56. The Morgan fingerprint density at radius 2 is 2.08 bits per heavy atom. The summed E-state index contributed by atoms with van der Waals surface area (Å²) in [5.41, 5.74) is 2.85. The maximum atomic E-state index is 13.9. The van der Waals surface area contributed by atoms with Crippen LogP contribution in [0.3, 0.4) is 0 Å². The van der Waals surface area contributed by atoms with Crippen molar-refractivity contribution in [3.63, 3.8) is 0 Å². The Bertz CT molecular complexity index is 690. The van der Waals surface area contributed by atoms with Gasteiger partial charge in [-0.25, -0.2) is 4.39 Å². The second-order valence-corrected chi connectivity index (χ2v) is 5.21. The molecule has 0 bridgehead atoms. The Morgan fingerprint density at radius 1 is 1.42 bits per heavy atom. The van der Waals surface area contributed by atoms with E-state index in [2.05, 4.69) is 0 Å². The van der Waals surface area contributed by atoms with Gasteiger partial charge >= 0.3 is 6.18 Å². The number of carbonyl (C=O) groups is 1. The van der Waals surface area contributed by atoms with E-state index < -0.39 is 29.3 Å². The van der Waals surface area contributed by atoms with E-state index in [1.807, 2.05) is 0 Å². The lowest BCUT2D eigenvalue weighted by Crippen LogP contribution is -2.37. The zero-order valence-electron chi connectivity index (χ0n) is 13.9. The average molecular weight is 377 g/mol. The van der Waals surface area contributed by atoms with Gasteiger partial charge in [0.05, 0.1) is 12.3 Å². The number of allylic oxidation sites excluding steroid dienone is 1. The summed E-state index contributed by atoms with van der Waals surface area (Å²) in [6, 6.07) is 3.30. The van der Waals surface area contributed by atoms with Gasteiger partial charge in [0.2, 0.25) is 0 Å². The summed E-state index contributed by atoms with van der Waals surface area (Å²) < 4.78 is 56.2. The van der Waals surface area contributed by atoms with Gasteiger partial charge in [-0.2, -0.15) is 13.2 Å². The van der Waals surface area contributed by atoms with Gasteiger partial charge in [0.25, 0.3) is 5.91 Å². The van der Waals surface area contributed by atoms with E-state index in [0.29, 0.717) is 6.61 Å². The molecular formula is C16H19F4N3O3. The first-order valence-electron chi connectivity index (χ1n) is 7.53. The highest BCUT2D eigenvalue weighted by atomic mass is 19.4. The number of nitrogens with zero attached hydrogens (tertiary/aromatic N) is 1. The van der Waals surface area contributed by atoms with Crippen LogP contribution in [-0.2, 0) is 16.1 Å². The van der Waals surface area contributed by atoms with Gasteiger partial charge in [-0.15, -0.1) is 0 Å². The molecule has 0 unspecified atom stereocenters. The Hall–Kier alpha value is -2.62. The van der Waals surface area contributed by atoms with Crippen molar-refractivity contribution in [1.82, 2.24) is 4.90 Å². The highest BCUT2D eigenvalue weighted by molar-refractivity contribution is 6.04. The summed E-state index contributed by atoms with van der Waals surface area (Å²) in [6.07, 6.45) is -4.73. The van der Waals surface area contributed by atoms with Gasteiger partial charge in [-0.1, -0.05) is 6.07 Å². The largest absolute Gasteiger partial charge is 0.508 e. The summed E-state index contributed by atoms with van der Waals surface area (Å²) in [7, 11) is 0. The Balaban J connectivity index is 3.02. The molecular weight excluding hydrogens is 358 g/mol. The van der Waals surface area contributed by atoms with E-state index in [1.165, 1.54) is 12.1 Å². The van der Waals surface area contributed by atoms with Crippen molar-refractivity contribution < 1.29 is 32.2 Å². The van der Waals surface area contributed by atoms with Crippen molar-refractivity contribution in [1.29, 1.82) is 5.41 Å². The van der Waals surface area contributed by atoms with Gasteiger partial charge in [-0.05, 0) is 19.1 Å². The molecule has 6 nitrogen and oxygen atoms in total. The molecule has 1 aromatic rings. The number of carbonyl (C=O) groups excluding carboxylic acids is 1. The van der Waals surface area contributed by atoms with E-state index in [9.17, 15) is 27.5 Å². The number of aromatic hydroxyl groups is 1. The number of nitrogens with one attached hydrogen (secondary N) is 1. The zero-order valence-corrected chi connectivity index (χ0v) is 13.9. The van der Waals surface area contributed by atoms with Crippen LogP contribution >= 0.6 is 0 Å². The van der Waals surface area contributed by atoms with Crippen LogP contribution in [0.2, 0.25) is 0 Å². The molecule has 0 aromatic heterocycles. The molecule has 0 radical (unpaired) electrons. The van der Waals surface area contributed by atoms with Crippen molar-refractivity contribution in [3.8, 4) is 5.75 Å². The molecule has 1 amide bonds. The number of benzene rings is 1. The smallest absolute Gasteiger partial charge is 0.432 e. The molecule has 144 valence electrons. The third-order valence-corrected chi connectivity index (χ3v) is 3.25. The zero-order chi connectivity index (χ0) is 19.9. The number of alkyl halides is 3. The first kappa shape index (κ1) is 21.4. The van der Waals surface area contributed by atoms with Crippen LogP contribution in [0.25, 0.3) is 0 Å². The van der Waals surface area contributed by atoms with Crippen LogP contribution in [0.1, 0.15) is 12.5 Å². The van der Waals surface area contributed by atoms with E-state index >= 15 is 0 Å². The van der Waals surface area contributed by atoms with Crippen LogP contribution in [-0.4, -0.2) is 47.6 Å². The number of nitrogens with two attached hydrogens (primary N) is 1. The van der Waals surface area contributed by atoms with Crippen LogP contribution in [0.5, 0.6) is 5.75 Å². The minimum atomic E-state index is -4.94. The number of ether oxygens (including phenoxy) is 1. The van der Waals surface area contributed by atoms with Gasteiger partial charge in [-0.3, -0.25) is 10.2 Å². The number of phenols is 1. The lowest BCUT2D eigenvalue weighted by molar-refractivity contribution is -0.128. The molecule has 10 heteroatoms. The topological polar surface area (TPSA) is 99.6 Å². The second-order valence-electron chi connectivity index (χ2n) is 5.21. The molecule has 26 heavy (non-hydrogen) atoms. The fraction of sp³-hybridized carbons (Fsp3) is 0.375. The van der Waals surface area contributed by atoms with Crippen molar-refractivity contribution in [2.75, 3.05) is 19.8 Å². The predicted octanol–water partition coefficient (Wildman–Crippen LogP) is 2.32. The molecule has 0 saturated carbocycles. The third kappa shape index (κ3) is 6.36. The number of rotatable bonds is 8. The number of hydrogen-bond acceptors (Lipinski definition) is 5. The van der Waals surface area contributed by atoms with Crippen LogP contribution < -0.4 is 5.73 Å². The highest BCUT2D eigenvalue weighted by Gasteiger charge is 2.33. The van der Waals surface area contributed by atoms with Crippen molar-refractivity contribution in [2.45, 2.75) is 19.6 Å². The standard InChI is InChI=1S/C16H19F4N3O3/c1-2-26-6-5-23(9-10-3-4-11(24)7-12(10)17)15(25)13(21)8-14(22)16(18,19)20/h3-4,7-8,22,24H,2,5-6,9,21H2,1H3/b13-8-,22-14?. The fourth-order valence-corrected chi connectivity index (χ4v) is 1.92. The lowest BCUT2D eigenvalue weighted by atomic mass is 10.1. The lowest BCUT2D eigenvalue weighted by Gasteiger charge is -2.23. The van der Waals surface area contributed by atoms with E-state index in [-0.39, 0.29) is 37.1 Å². The summed E-state index contributed by atoms with van der Waals surface area (Å²) in [5, 5.41) is 16.1. The molecule has 0 heterocycles. The fourth-order valence-electron chi connectivity index (χ4n) is 1.92. The third-order valence-electron chi connectivity index (χ3n) is 3.25. The highest BCUT2D eigenvalue weighted by Crippen LogP contribution is 2.19. The first-order valence-corrected chi connectivity index (χ1v) is 7.53. The Labute approximate surface area is 147 Å². The molecule has 1 rings (SSSR count). The molecule has 4 N–H and O–H groups in total. The molecule has 0 atom stereocenters. The number of phenolic OH excluding ortho intramolecular Hbond substituents is 1. The predicted molar refractivity (Wildman–Crippen MR) is 86.0 cm³/mol. The van der Waals surface area contributed by atoms with Gasteiger partial charge < -0.3 is 20.5 Å².